The molecule has 1 N–H and O–H groups in total. The van der Waals surface area contributed by atoms with Crippen LogP contribution in [0.4, 0.5) is 0 Å². The van der Waals surface area contributed by atoms with Gasteiger partial charge in [-0.05, 0) is 24.1 Å². The molecule has 0 saturated carbocycles. The van der Waals surface area contributed by atoms with Crippen molar-refractivity contribution < 1.29 is 4.79 Å². The fraction of sp³-hybridized carbons (Fsp3) is 0.278. The average Bonchev–Trinajstić information content (AvgIpc) is 3.23. The molecule has 0 fully saturated rings. The molecule has 7 heteroatoms. The Hall–Kier alpha value is -2.67. The van der Waals surface area contributed by atoms with E-state index in [1.54, 1.807) is 10.8 Å². The van der Waals surface area contributed by atoms with Crippen LogP contribution in [0.5, 0.6) is 0 Å². The highest BCUT2D eigenvalue weighted by Gasteiger charge is 2.08. The number of carbonyl (C=O) groups is 1. The zero-order valence-electron chi connectivity index (χ0n) is 14.0. The number of nitrogens with zero attached hydrogens (tertiary/aromatic N) is 3. The molecule has 2 aromatic heterocycles. The van der Waals surface area contributed by atoms with Gasteiger partial charge in [0.2, 0.25) is 5.91 Å². The summed E-state index contributed by atoms with van der Waals surface area (Å²) >= 11 is 1.16. The first-order valence-corrected chi connectivity index (χ1v) is 8.97. The Balaban J connectivity index is 1.56. The van der Waals surface area contributed by atoms with Gasteiger partial charge in [0.25, 0.3) is 0 Å². The third-order valence-corrected chi connectivity index (χ3v) is 4.91. The maximum absolute atomic E-state index is 12.1. The fourth-order valence-corrected chi connectivity index (χ4v) is 3.38. The summed E-state index contributed by atoms with van der Waals surface area (Å²) in [7, 11) is 0. The Bertz CT molecular complexity index is 896. The summed E-state index contributed by atoms with van der Waals surface area (Å²) in [5.41, 5.74) is 3.08. The van der Waals surface area contributed by atoms with Crippen molar-refractivity contribution in [3.8, 4) is 0 Å². The van der Waals surface area contributed by atoms with Crippen LogP contribution in [0, 0.1) is 6.92 Å². The second kappa shape index (κ2) is 7.94. The molecule has 0 bridgehead atoms. The summed E-state index contributed by atoms with van der Waals surface area (Å²) in [5.74, 6) is -0.0635. The van der Waals surface area contributed by atoms with E-state index in [1.165, 1.54) is 0 Å². The van der Waals surface area contributed by atoms with Crippen LogP contribution >= 0.6 is 11.3 Å². The minimum Gasteiger partial charge on any atom is -0.352 e. The number of thiazole rings is 1. The normalized spacial score (nSPS) is 10.8. The van der Waals surface area contributed by atoms with Crippen LogP contribution < -0.4 is 10.2 Å². The van der Waals surface area contributed by atoms with Gasteiger partial charge in [0.05, 0.1) is 6.54 Å². The largest absolute Gasteiger partial charge is 0.352 e. The monoisotopic (exact) mass is 356 g/mol. The fourth-order valence-electron chi connectivity index (χ4n) is 2.62. The van der Waals surface area contributed by atoms with Gasteiger partial charge in [-0.15, -0.1) is 0 Å². The van der Waals surface area contributed by atoms with Crippen LogP contribution in [0.15, 0.2) is 52.9 Å². The van der Waals surface area contributed by atoms with Crippen LogP contribution in [0.25, 0.3) is 0 Å². The smallest absolute Gasteiger partial charge is 0.307 e. The minimum atomic E-state index is -0.0635. The minimum absolute atomic E-state index is 0.0186. The molecule has 0 aliphatic heterocycles. The van der Waals surface area contributed by atoms with Gasteiger partial charge in [-0.25, -0.2) is 0 Å². The third-order valence-electron chi connectivity index (χ3n) is 4.02. The van der Waals surface area contributed by atoms with Gasteiger partial charge >= 0.3 is 4.87 Å². The molecular weight excluding hydrogens is 336 g/mol. The van der Waals surface area contributed by atoms with Gasteiger partial charge in [-0.3, -0.25) is 14.3 Å². The van der Waals surface area contributed by atoms with Crippen LogP contribution in [0.2, 0.25) is 0 Å². The van der Waals surface area contributed by atoms with Gasteiger partial charge in [0.1, 0.15) is 0 Å². The predicted molar refractivity (Wildman–Crippen MR) is 97.6 cm³/mol. The first kappa shape index (κ1) is 17.2. The van der Waals surface area contributed by atoms with E-state index in [1.807, 2.05) is 53.5 Å². The summed E-state index contributed by atoms with van der Waals surface area (Å²) in [6, 6.07) is 9.88. The second-order valence-electron chi connectivity index (χ2n) is 5.79. The van der Waals surface area contributed by atoms with Crippen molar-refractivity contribution in [1.82, 2.24) is 19.7 Å². The molecule has 1 aromatic carbocycles. The molecule has 0 saturated heterocycles. The van der Waals surface area contributed by atoms with E-state index in [9.17, 15) is 9.59 Å². The molecule has 0 spiro atoms. The van der Waals surface area contributed by atoms with E-state index in [0.29, 0.717) is 26.1 Å². The Morgan fingerprint density at radius 1 is 1.24 bits per heavy atom. The lowest BCUT2D eigenvalue weighted by molar-refractivity contribution is -0.121. The molecule has 1 amide bonds. The van der Waals surface area contributed by atoms with Crippen molar-refractivity contribution in [2.24, 2.45) is 0 Å². The SMILES string of the molecule is Cc1csc(=O)n1CCC(=O)NCc1ccccc1Cn1cccn1. The van der Waals surface area contributed by atoms with Crippen molar-refractivity contribution in [3.63, 3.8) is 0 Å². The number of benzene rings is 1. The summed E-state index contributed by atoms with van der Waals surface area (Å²) in [4.78, 5) is 23.8. The summed E-state index contributed by atoms with van der Waals surface area (Å²) in [6.07, 6.45) is 3.95. The van der Waals surface area contributed by atoms with Crippen molar-refractivity contribution in [2.45, 2.75) is 33.0 Å². The lowest BCUT2D eigenvalue weighted by atomic mass is 10.1. The van der Waals surface area contributed by atoms with Gasteiger partial charge in [0, 0.05) is 43.0 Å². The van der Waals surface area contributed by atoms with Crippen LogP contribution in [-0.4, -0.2) is 20.3 Å². The molecule has 0 atom stereocenters. The summed E-state index contributed by atoms with van der Waals surface area (Å²) in [6.45, 7) is 3.42. The number of aryl methyl sites for hydroxylation is 1. The highest BCUT2D eigenvalue weighted by atomic mass is 32.1. The molecule has 3 aromatic rings. The van der Waals surface area contributed by atoms with E-state index < -0.39 is 0 Å². The van der Waals surface area contributed by atoms with Crippen molar-refractivity contribution in [1.29, 1.82) is 0 Å². The van der Waals surface area contributed by atoms with Gasteiger partial charge < -0.3 is 9.88 Å². The lowest BCUT2D eigenvalue weighted by Gasteiger charge is -2.11. The van der Waals surface area contributed by atoms with E-state index >= 15 is 0 Å². The molecule has 0 aliphatic carbocycles. The molecule has 25 heavy (non-hydrogen) atoms. The maximum atomic E-state index is 12.1. The topological polar surface area (TPSA) is 68.9 Å². The number of nitrogens with one attached hydrogen (secondary N) is 1. The Morgan fingerprint density at radius 2 is 2.04 bits per heavy atom. The predicted octanol–water partition coefficient (Wildman–Crippen LogP) is 2.17. The molecule has 6 nitrogen and oxygen atoms in total. The zero-order valence-corrected chi connectivity index (χ0v) is 14.8. The molecule has 2 heterocycles. The zero-order chi connectivity index (χ0) is 17.6. The number of rotatable bonds is 7. The number of carbonyl (C=O) groups excluding carboxylic acids is 1. The van der Waals surface area contributed by atoms with Gasteiger partial charge in [0.15, 0.2) is 0 Å². The summed E-state index contributed by atoms with van der Waals surface area (Å²) in [5, 5.41) is 8.97. The van der Waals surface area contributed by atoms with E-state index in [-0.39, 0.29) is 10.8 Å². The molecule has 0 aliphatic rings. The Labute approximate surface area is 149 Å². The molecule has 3 rings (SSSR count). The van der Waals surface area contributed by atoms with E-state index in [0.717, 1.165) is 28.2 Å². The summed E-state index contributed by atoms with van der Waals surface area (Å²) < 4.78 is 3.49. The Morgan fingerprint density at radius 3 is 2.72 bits per heavy atom. The highest BCUT2D eigenvalue weighted by molar-refractivity contribution is 7.07. The van der Waals surface area contributed by atoms with E-state index in [4.69, 9.17) is 0 Å². The van der Waals surface area contributed by atoms with Crippen molar-refractivity contribution >= 4 is 17.2 Å². The molecule has 130 valence electrons. The van der Waals surface area contributed by atoms with Gasteiger partial charge in [-0.2, -0.15) is 5.10 Å². The number of hydrogen-bond donors (Lipinski definition) is 1. The van der Waals surface area contributed by atoms with Crippen LogP contribution in [0.1, 0.15) is 23.2 Å². The number of hydrogen-bond acceptors (Lipinski definition) is 4. The van der Waals surface area contributed by atoms with Crippen molar-refractivity contribution in [2.75, 3.05) is 0 Å². The second-order valence-corrected chi connectivity index (χ2v) is 6.61. The third kappa shape index (κ3) is 4.45. The molecule has 0 unspecified atom stereocenters. The highest BCUT2D eigenvalue weighted by Crippen LogP contribution is 2.10. The Kier molecular flexibility index (Phi) is 5.45. The van der Waals surface area contributed by atoms with Crippen molar-refractivity contribution in [3.05, 3.63) is 74.6 Å². The molecular formula is C18H20N4O2S. The average molecular weight is 356 g/mol. The quantitative estimate of drug-likeness (QED) is 0.705. The first-order chi connectivity index (χ1) is 12.1. The van der Waals surface area contributed by atoms with Gasteiger partial charge in [-0.1, -0.05) is 35.6 Å². The maximum Gasteiger partial charge on any atom is 0.307 e. The number of aromatic nitrogens is 3. The van der Waals surface area contributed by atoms with Crippen LogP contribution in [-0.2, 0) is 24.4 Å². The van der Waals surface area contributed by atoms with Crippen LogP contribution in [0.3, 0.4) is 0 Å². The lowest BCUT2D eigenvalue weighted by Crippen LogP contribution is -2.26. The van der Waals surface area contributed by atoms with E-state index in [2.05, 4.69) is 10.4 Å². The standard InChI is InChI=1S/C18H20N4O2S/c1-14-13-25-18(24)22(14)10-7-17(23)19-11-15-5-2-3-6-16(15)12-21-9-4-8-20-21/h2-6,8-9,13H,7,10-12H2,1H3,(H,19,23). The number of amides is 1. The molecule has 0 radical (unpaired) electrons. The first-order valence-electron chi connectivity index (χ1n) is 8.09.